The summed E-state index contributed by atoms with van der Waals surface area (Å²) in [6.45, 7) is 1.39. The Morgan fingerprint density at radius 3 is 3.19 bits per heavy atom. The van der Waals surface area contributed by atoms with Gasteiger partial charge in [-0.25, -0.2) is 0 Å². The average molecular weight is 288 g/mol. The van der Waals surface area contributed by atoms with Gasteiger partial charge in [0.15, 0.2) is 5.76 Å². The zero-order valence-electron chi connectivity index (χ0n) is 12.1. The molecule has 0 radical (unpaired) electrons. The van der Waals surface area contributed by atoms with Gasteiger partial charge in [-0.05, 0) is 44.2 Å². The van der Waals surface area contributed by atoms with Gasteiger partial charge in [-0.2, -0.15) is 5.26 Å². The van der Waals surface area contributed by atoms with Crippen molar-refractivity contribution in [3.8, 4) is 6.07 Å². The fourth-order valence-corrected chi connectivity index (χ4v) is 3.45. The summed E-state index contributed by atoms with van der Waals surface area (Å²) in [5.41, 5.74) is -0.208. The maximum Gasteiger partial charge on any atom is 0.289 e. The minimum atomic E-state index is -0.208. The van der Waals surface area contributed by atoms with Gasteiger partial charge in [0.25, 0.3) is 5.91 Å². The minimum Gasteiger partial charge on any atom is -0.459 e. The quantitative estimate of drug-likeness (QED) is 0.857. The van der Waals surface area contributed by atoms with Crippen LogP contribution in [-0.4, -0.2) is 35.6 Å². The van der Waals surface area contributed by atoms with E-state index in [0.29, 0.717) is 18.7 Å². The first-order chi connectivity index (χ1) is 10.2. The second-order valence-electron chi connectivity index (χ2n) is 5.97. The second kappa shape index (κ2) is 5.90. The van der Waals surface area contributed by atoms with Crippen molar-refractivity contribution in [2.75, 3.05) is 13.1 Å². The lowest BCUT2D eigenvalue weighted by Gasteiger charge is -2.39. The highest BCUT2D eigenvalue weighted by Gasteiger charge is 2.44. The number of piperidine rings is 1. The first-order valence-electron chi connectivity index (χ1n) is 7.60. The van der Waals surface area contributed by atoms with E-state index in [0.717, 1.165) is 38.6 Å². The number of nitrogens with zero attached hydrogens (tertiary/aromatic N) is 2. The van der Waals surface area contributed by atoms with E-state index in [9.17, 15) is 4.79 Å². The molecule has 1 aromatic rings. The predicted octanol–water partition coefficient (Wildman–Crippen LogP) is 2.74. The van der Waals surface area contributed by atoms with Crippen molar-refractivity contribution in [2.45, 2.75) is 50.2 Å². The van der Waals surface area contributed by atoms with E-state index in [4.69, 9.17) is 14.4 Å². The Kier molecular flexibility index (Phi) is 3.98. The van der Waals surface area contributed by atoms with Gasteiger partial charge in [0, 0.05) is 13.0 Å². The summed E-state index contributed by atoms with van der Waals surface area (Å²) in [7, 11) is 0. The van der Waals surface area contributed by atoms with Crippen LogP contribution in [-0.2, 0) is 4.74 Å². The van der Waals surface area contributed by atoms with E-state index in [-0.39, 0.29) is 17.6 Å². The van der Waals surface area contributed by atoms with E-state index >= 15 is 0 Å². The summed E-state index contributed by atoms with van der Waals surface area (Å²) in [6, 6.07) is 5.61. The van der Waals surface area contributed by atoms with E-state index in [2.05, 4.69) is 6.07 Å². The van der Waals surface area contributed by atoms with Crippen LogP contribution < -0.4 is 0 Å². The monoisotopic (exact) mass is 288 g/mol. The van der Waals surface area contributed by atoms with Crippen LogP contribution in [0.2, 0.25) is 0 Å². The van der Waals surface area contributed by atoms with Crippen LogP contribution in [0.5, 0.6) is 0 Å². The molecule has 2 aliphatic heterocycles. The van der Waals surface area contributed by atoms with Gasteiger partial charge >= 0.3 is 0 Å². The molecule has 0 N–H and O–H groups in total. The molecule has 3 heterocycles. The van der Waals surface area contributed by atoms with Gasteiger partial charge in [-0.1, -0.05) is 0 Å². The predicted molar refractivity (Wildman–Crippen MR) is 75.5 cm³/mol. The first-order valence-corrected chi connectivity index (χ1v) is 7.60. The number of rotatable bonds is 3. The molecule has 5 nitrogen and oxygen atoms in total. The van der Waals surface area contributed by atoms with Crippen molar-refractivity contribution >= 4 is 5.91 Å². The number of carbonyl (C=O) groups excluding carboxylic acids is 1. The summed E-state index contributed by atoms with van der Waals surface area (Å²) in [6.07, 6.45) is 6.95. The third-order valence-electron chi connectivity index (χ3n) is 4.48. The second-order valence-corrected chi connectivity index (χ2v) is 5.97. The van der Waals surface area contributed by atoms with Crippen LogP contribution in [0, 0.1) is 11.3 Å². The smallest absolute Gasteiger partial charge is 0.289 e. The van der Waals surface area contributed by atoms with Crippen molar-refractivity contribution < 1.29 is 13.9 Å². The van der Waals surface area contributed by atoms with E-state index in [1.807, 2.05) is 4.90 Å². The van der Waals surface area contributed by atoms with Crippen LogP contribution in [0.15, 0.2) is 22.8 Å². The molecular weight excluding hydrogens is 268 g/mol. The van der Waals surface area contributed by atoms with Crippen LogP contribution in [0.25, 0.3) is 0 Å². The number of ether oxygens (including phenoxy) is 1. The summed E-state index contributed by atoms with van der Waals surface area (Å²) in [5, 5.41) is 8.68. The summed E-state index contributed by atoms with van der Waals surface area (Å²) in [4.78, 5) is 14.2. The molecule has 5 heteroatoms. The van der Waals surface area contributed by atoms with Crippen molar-refractivity contribution in [2.24, 2.45) is 0 Å². The van der Waals surface area contributed by atoms with E-state index in [1.54, 1.807) is 12.1 Å². The zero-order valence-corrected chi connectivity index (χ0v) is 12.1. The minimum absolute atomic E-state index is 0.0526. The highest BCUT2D eigenvalue weighted by Crippen LogP contribution is 2.39. The molecule has 3 rings (SSSR count). The molecule has 2 aliphatic rings. The topological polar surface area (TPSA) is 66.5 Å². The van der Waals surface area contributed by atoms with Crippen LogP contribution >= 0.6 is 0 Å². The molecule has 2 atom stereocenters. The number of hydrogen-bond acceptors (Lipinski definition) is 4. The van der Waals surface area contributed by atoms with Crippen molar-refractivity contribution in [3.05, 3.63) is 24.2 Å². The van der Waals surface area contributed by atoms with Crippen molar-refractivity contribution in [1.82, 2.24) is 4.90 Å². The van der Waals surface area contributed by atoms with Crippen LogP contribution in [0.4, 0.5) is 0 Å². The molecule has 0 aromatic carbocycles. The summed E-state index contributed by atoms with van der Waals surface area (Å²) < 4.78 is 11.4. The number of nitriles is 1. The summed E-state index contributed by atoms with van der Waals surface area (Å²) >= 11 is 0. The maximum absolute atomic E-state index is 12.4. The molecule has 2 fully saturated rings. The number of furan rings is 1. The largest absolute Gasteiger partial charge is 0.459 e. The maximum atomic E-state index is 12.4. The SMILES string of the molecule is N#CCC[C@H]1CC[C@]2(CCCN(C(=O)c3ccco3)C2)O1. The Labute approximate surface area is 124 Å². The van der Waals surface area contributed by atoms with E-state index in [1.165, 1.54) is 6.26 Å². The van der Waals surface area contributed by atoms with E-state index < -0.39 is 0 Å². The lowest BCUT2D eigenvalue weighted by atomic mass is 9.89. The van der Waals surface area contributed by atoms with Crippen molar-refractivity contribution in [1.29, 1.82) is 5.26 Å². The van der Waals surface area contributed by atoms with Crippen LogP contribution in [0.1, 0.15) is 49.1 Å². The Morgan fingerprint density at radius 2 is 2.43 bits per heavy atom. The number of hydrogen-bond donors (Lipinski definition) is 0. The molecular formula is C16H20N2O3. The van der Waals surface area contributed by atoms with Crippen LogP contribution in [0.3, 0.4) is 0 Å². The molecule has 21 heavy (non-hydrogen) atoms. The molecule has 2 saturated heterocycles. The zero-order chi connectivity index (χ0) is 14.7. The van der Waals surface area contributed by atoms with Gasteiger partial charge in [-0.3, -0.25) is 4.79 Å². The van der Waals surface area contributed by atoms with Gasteiger partial charge in [0.2, 0.25) is 0 Å². The molecule has 0 saturated carbocycles. The third-order valence-corrected chi connectivity index (χ3v) is 4.48. The van der Waals surface area contributed by atoms with Gasteiger partial charge in [0.1, 0.15) is 0 Å². The fraction of sp³-hybridized carbons (Fsp3) is 0.625. The first kappa shape index (κ1) is 14.2. The highest BCUT2D eigenvalue weighted by molar-refractivity contribution is 5.91. The molecule has 1 aromatic heterocycles. The molecule has 1 amide bonds. The Morgan fingerprint density at radius 1 is 1.52 bits per heavy atom. The molecule has 0 unspecified atom stereocenters. The molecule has 1 spiro atoms. The standard InChI is InChI=1S/C16H20N2O3/c17-9-1-4-13-6-8-16(21-13)7-3-10-18(12-16)15(19)14-5-2-11-20-14/h2,5,11,13H,1,3-4,6-8,10,12H2/t13-,16-/m0/s1. The summed E-state index contributed by atoms with van der Waals surface area (Å²) in [5.74, 6) is 0.342. The average Bonchev–Trinajstić information content (AvgIpc) is 3.15. The highest BCUT2D eigenvalue weighted by atomic mass is 16.5. The molecule has 112 valence electrons. The molecule has 0 aliphatic carbocycles. The van der Waals surface area contributed by atoms with Gasteiger partial charge < -0.3 is 14.1 Å². The number of likely N-dealkylation sites (tertiary alicyclic amines) is 1. The fourth-order valence-electron chi connectivity index (χ4n) is 3.45. The van der Waals surface area contributed by atoms with Gasteiger partial charge in [0.05, 0.1) is 30.6 Å². The lowest BCUT2D eigenvalue weighted by molar-refractivity contribution is -0.0784. The normalized spacial score (nSPS) is 28.7. The van der Waals surface area contributed by atoms with Crippen molar-refractivity contribution in [3.63, 3.8) is 0 Å². The molecule has 0 bridgehead atoms. The number of amides is 1. The Bertz CT molecular complexity index is 534. The third kappa shape index (κ3) is 2.96. The Balaban J connectivity index is 1.64. The number of carbonyl (C=O) groups is 1. The lowest BCUT2D eigenvalue weighted by Crippen LogP contribution is -2.50. The van der Waals surface area contributed by atoms with Gasteiger partial charge in [-0.15, -0.1) is 0 Å². The Hall–Kier alpha value is -1.80.